The Morgan fingerprint density at radius 1 is 0.400 bits per heavy atom. The minimum absolute atomic E-state index is 0.0536. The zero-order chi connectivity index (χ0) is 60.9. The van der Waals surface area contributed by atoms with Crippen LogP contribution in [0.2, 0.25) is 0 Å². The van der Waals surface area contributed by atoms with Crippen LogP contribution in [0.25, 0.3) is 21.5 Å². The van der Waals surface area contributed by atoms with Crippen molar-refractivity contribution in [3.8, 4) is 40.2 Å². The third-order valence-electron chi connectivity index (χ3n) is 14.1. The summed E-state index contributed by atoms with van der Waals surface area (Å²) in [4.78, 5) is 63.9. The summed E-state index contributed by atoms with van der Waals surface area (Å²) in [6.45, 7) is 0. The summed E-state index contributed by atoms with van der Waals surface area (Å²) in [5.74, 6) is -1.58. The van der Waals surface area contributed by atoms with Crippen LogP contribution in [0.5, 0.6) is 40.2 Å². The van der Waals surface area contributed by atoms with Crippen molar-refractivity contribution in [1.29, 1.82) is 0 Å². The zero-order valence-electron chi connectivity index (χ0n) is 46.8. The highest BCUT2D eigenvalue weighted by Crippen LogP contribution is 2.58. The molecule has 0 amide bonds. The van der Waals surface area contributed by atoms with E-state index in [9.17, 15) is 44.4 Å². The van der Waals surface area contributed by atoms with Crippen molar-refractivity contribution in [2.24, 2.45) is 0 Å². The molecule has 3 aliphatic heterocycles. The van der Waals surface area contributed by atoms with Gasteiger partial charge >= 0.3 is 23.9 Å². The Morgan fingerprint density at radius 2 is 0.894 bits per heavy atom. The van der Waals surface area contributed by atoms with E-state index in [0.717, 1.165) is 39.0 Å². The summed E-state index contributed by atoms with van der Waals surface area (Å²) < 4.78 is 17.0. The van der Waals surface area contributed by atoms with Gasteiger partial charge in [-0.15, -0.1) is 0 Å². The van der Waals surface area contributed by atoms with Gasteiger partial charge in [-0.2, -0.15) is 0 Å². The Labute approximate surface area is 488 Å². The molecule has 13 rings (SSSR count). The Hall–Kier alpha value is -11.3. The number of phenolic OH excluding ortho intramolecular Hbond substituents is 5. The van der Waals surface area contributed by atoms with E-state index in [1.54, 1.807) is 102 Å². The molecule has 10 aromatic carbocycles. The van der Waals surface area contributed by atoms with Crippen LogP contribution < -0.4 is 19.4 Å². The second-order valence-electron chi connectivity index (χ2n) is 20.2. The molecule has 428 valence electrons. The molecular formula is C68H57N3O14. The standard InChI is InChI=1S/C26H19NO4.C16H15NO4.C10H8O2.C8H11NO.C8H4O3/c1-27(2)16-11-13-19-22(14-16)30-24-20(12-10-15-6-5-9-21(28)23(15)24)26(19)18-8-4-3-7-17(18)25(29)31-26;1-17(2)10-7-8-13(14(18)9-10)15(19)11-5-3-4-6-12(11)16(20)21;11-8-5-1-3-7-4-2-6-9(12)10(7)8;1-9(2)7-4-3-5-8(10)6-7;9-7-5-3-1-2-4-6(5)8(10)11-7/h3-14,28H,1-2H3;3-9,18H,1-2H3,(H,20,21);1-6,11-12H;3-6,10H,1-2H3;1-4H. The number of carbonyl (C=O) groups is 5. The number of cyclic esters (lactones) is 2. The number of carbonyl (C=O) groups excluding carboxylic acids is 4. The smallest absolute Gasteiger partial charge is 0.346 e. The number of esters is 3. The molecule has 1 unspecified atom stereocenters. The summed E-state index contributed by atoms with van der Waals surface area (Å²) in [6.07, 6.45) is 0. The molecular weight excluding hydrogens is 1080 g/mol. The molecule has 0 fully saturated rings. The first kappa shape index (κ1) is 58.3. The molecule has 0 saturated carbocycles. The average Bonchev–Trinajstić information content (AvgIpc) is 1.69. The van der Waals surface area contributed by atoms with Crippen LogP contribution >= 0.6 is 0 Å². The van der Waals surface area contributed by atoms with Gasteiger partial charge in [0.25, 0.3) is 0 Å². The highest BCUT2D eigenvalue weighted by atomic mass is 16.6. The highest BCUT2D eigenvalue weighted by Gasteiger charge is 2.54. The van der Waals surface area contributed by atoms with Crippen LogP contribution in [0, 0.1) is 0 Å². The van der Waals surface area contributed by atoms with Crippen molar-refractivity contribution in [3.05, 3.63) is 250 Å². The quantitative estimate of drug-likeness (QED) is 0.0515. The van der Waals surface area contributed by atoms with Crippen molar-refractivity contribution >= 4 is 68.3 Å². The predicted molar refractivity (Wildman–Crippen MR) is 323 cm³/mol. The number of benzene rings is 10. The fourth-order valence-corrected chi connectivity index (χ4v) is 9.86. The van der Waals surface area contributed by atoms with Gasteiger partial charge in [-0.1, -0.05) is 97.1 Å². The lowest BCUT2D eigenvalue weighted by Gasteiger charge is -2.37. The SMILES string of the molecule is CN(C)c1ccc(C(=O)c2ccccc2C(=O)O)c(O)c1.CN(C)c1ccc2c(c1)Oc1c(ccc3cccc(O)c13)C21OC(=O)c2ccccc21.CN(C)c1cccc(O)c1.O=C1OC(=O)c2ccccc21.Oc1cccc2cccc(O)c12. The lowest BCUT2D eigenvalue weighted by Crippen LogP contribution is -2.33. The van der Waals surface area contributed by atoms with Gasteiger partial charge in [-0.05, 0) is 95.7 Å². The Morgan fingerprint density at radius 3 is 1.45 bits per heavy atom. The second-order valence-corrected chi connectivity index (χ2v) is 20.2. The molecule has 17 nitrogen and oxygen atoms in total. The van der Waals surface area contributed by atoms with Gasteiger partial charge in [0, 0.05) is 99.8 Å². The highest BCUT2D eigenvalue weighted by molar-refractivity contribution is 6.16. The van der Waals surface area contributed by atoms with Gasteiger partial charge < -0.3 is 59.5 Å². The average molecular weight is 1140 g/mol. The van der Waals surface area contributed by atoms with E-state index >= 15 is 0 Å². The van der Waals surface area contributed by atoms with Gasteiger partial charge in [0.2, 0.25) is 0 Å². The van der Waals surface area contributed by atoms with Gasteiger partial charge in [0.1, 0.15) is 40.2 Å². The number of fused-ring (bicyclic) bond motifs is 10. The molecule has 1 atom stereocenters. The molecule has 1 spiro atoms. The van der Waals surface area contributed by atoms with Crippen LogP contribution in [0.15, 0.2) is 200 Å². The maximum absolute atomic E-state index is 12.9. The Kier molecular flexibility index (Phi) is 16.7. The van der Waals surface area contributed by atoms with E-state index in [1.807, 2.05) is 131 Å². The fourth-order valence-electron chi connectivity index (χ4n) is 9.86. The maximum Gasteiger partial charge on any atom is 0.346 e. The van der Waals surface area contributed by atoms with Crippen LogP contribution in [-0.2, 0) is 15.1 Å². The number of hydrogen-bond donors (Lipinski definition) is 6. The van der Waals surface area contributed by atoms with Gasteiger partial charge in [0.05, 0.1) is 38.6 Å². The van der Waals surface area contributed by atoms with Crippen molar-refractivity contribution < 1.29 is 68.8 Å². The molecule has 85 heavy (non-hydrogen) atoms. The first-order chi connectivity index (χ1) is 40.7. The normalized spacial score (nSPS) is 13.6. The number of hydrogen-bond acceptors (Lipinski definition) is 16. The van der Waals surface area contributed by atoms with Crippen molar-refractivity contribution in [3.63, 3.8) is 0 Å². The lowest BCUT2D eigenvalue weighted by atomic mass is 9.77. The topological polar surface area (TPSA) is 244 Å². The van der Waals surface area contributed by atoms with Crippen LogP contribution in [0.3, 0.4) is 0 Å². The first-order valence-corrected chi connectivity index (χ1v) is 26.4. The van der Waals surface area contributed by atoms with Gasteiger partial charge in [-0.3, -0.25) is 4.79 Å². The summed E-state index contributed by atoms with van der Waals surface area (Å²) in [5.41, 5.74) is 5.12. The molecule has 0 bridgehead atoms. The van der Waals surface area contributed by atoms with Crippen LogP contribution in [0.1, 0.15) is 74.0 Å². The minimum Gasteiger partial charge on any atom is -0.508 e. The summed E-state index contributed by atoms with van der Waals surface area (Å²) in [7, 11) is 11.4. The lowest BCUT2D eigenvalue weighted by molar-refractivity contribution is 0.0224. The maximum atomic E-state index is 12.9. The number of carboxylic acid groups (broad SMARTS) is 1. The molecule has 0 aromatic heterocycles. The number of aromatic hydroxyl groups is 5. The number of anilines is 3. The Balaban J connectivity index is 0.000000138. The number of nitrogens with zero attached hydrogens (tertiary/aromatic N) is 3. The molecule has 6 N–H and O–H groups in total. The van der Waals surface area contributed by atoms with E-state index in [1.165, 1.54) is 24.3 Å². The Bertz CT molecular complexity index is 4180. The number of carboxylic acids is 1. The van der Waals surface area contributed by atoms with E-state index < -0.39 is 29.3 Å². The number of phenols is 5. The molecule has 0 aliphatic carbocycles. The number of ether oxygens (including phenoxy) is 3. The van der Waals surface area contributed by atoms with Gasteiger partial charge in [-0.25, -0.2) is 19.2 Å². The number of aromatic carboxylic acids is 1. The predicted octanol–water partition coefficient (Wildman–Crippen LogP) is 12.3. The molecule has 10 aromatic rings. The first-order valence-electron chi connectivity index (χ1n) is 26.4. The third-order valence-corrected chi connectivity index (χ3v) is 14.1. The zero-order valence-corrected chi connectivity index (χ0v) is 46.8. The molecule has 0 saturated heterocycles. The van der Waals surface area contributed by atoms with Crippen molar-refractivity contribution in [2.45, 2.75) is 5.60 Å². The van der Waals surface area contributed by atoms with E-state index in [-0.39, 0.29) is 45.7 Å². The summed E-state index contributed by atoms with van der Waals surface area (Å²) in [6, 6.07) is 57.1. The summed E-state index contributed by atoms with van der Waals surface area (Å²) in [5, 5.41) is 60.5. The summed E-state index contributed by atoms with van der Waals surface area (Å²) >= 11 is 0. The van der Waals surface area contributed by atoms with Crippen molar-refractivity contribution in [2.75, 3.05) is 57.0 Å². The van der Waals surface area contributed by atoms with E-state index in [2.05, 4.69) is 4.74 Å². The molecule has 3 aliphatic rings. The monoisotopic (exact) mass is 1140 g/mol. The fraction of sp³-hybridized carbons (Fsp3) is 0.103. The van der Waals surface area contributed by atoms with Crippen molar-refractivity contribution in [1.82, 2.24) is 0 Å². The van der Waals surface area contributed by atoms with Crippen LogP contribution in [-0.4, -0.2) is 103 Å². The van der Waals surface area contributed by atoms with Crippen LogP contribution in [0.4, 0.5) is 17.1 Å². The molecule has 0 radical (unpaired) electrons. The number of rotatable bonds is 6. The largest absolute Gasteiger partial charge is 0.508 e. The molecule has 3 heterocycles. The van der Waals surface area contributed by atoms with E-state index in [4.69, 9.17) is 19.7 Å². The van der Waals surface area contributed by atoms with Gasteiger partial charge in [0.15, 0.2) is 11.4 Å². The second kappa shape index (κ2) is 24.4. The third kappa shape index (κ3) is 11.8. The molecule has 17 heteroatoms. The van der Waals surface area contributed by atoms with E-state index in [0.29, 0.717) is 50.3 Å². The minimum atomic E-state index is -1.18. The number of ketones is 1.